The fourth-order valence-corrected chi connectivity index (χ4v) is 3.02. The number of aliphatic hydroxyl groups excluding tert-OH is 1. The van der Waals surface area contributed by atoms with Crippen LogP contribution in [0.2, 0.25) is 0 Å². The number of aromatic nitrogens is 1. The van der Waals surface area contributed by atoms with E-state index in [9.17, 15) is 0 Å². The van der Waals surface area contributed by atoms with Crippen LogP contribution in [0.4, 0.5) is 0 Å². The van der Waals surface area contributed by atoms with Crippen molar-refractivity contribution >= 4 is 0 Å². The molecular weight excluding hydrogens is 348 g/mol. The third-order valence-electron chi connectivity index (χ3n) is 4.52. The molecule has 142 valence electrons. The van der Waals surface area contributed by atoms with Crippen molar-refractivity contribution in [2.45, 2.75) is 31.7 Å². The van der Waals surface area contributed by atoms with E-state index in [0.29, 0.717) is 44.3 Å². The summed E-state index contributed by atoms with van der Waals surface area (Å²) in [5, 5.41) is 16.7. The maximum absolute atomic E-state index is 9.09. The quantitative estimate of drug-likeness (QED) is 0.598. The van der Waals surface area contributed by atoms with E-state index in [1.165, 1.54) is 0 Å². The molecule has 1 aliphatic rings. The molecular formula is C20H22N2O5. The van der Waals surface area contributed by atoms with Crippen LogP contribution >= 0.6 is 0 Å². The highest BCUT2D eigenvalue weighted by Crippen LogP contribution is 2.24. The average molecular weight is 370 g/mol. The highest BCUT2D eigenvalue weighted by Gasteiger charge is 2.39. The summed E-state index contributed by atoms with van der Waals surface area (Å²) < 4.78 is 22.0. The fraction of sp³-hybridized carbons (Fsp3) is 0.350. The van der Waals surface area contributed by atoms with Gasteiger partial charge in [0.25, 0.3) is 0 Å². The Labute approximate surface area is 156 Å². The zero-order valence-electron chi connectivity index (χ0n) is 14.9. The van der Waals surface area contributed by atoms with Gasteiger partial charge in [0.15, 0.2) is 5.76 Å². The van der Waals surface area contributed by atoms with Crippen molar-refractivity contribution in [2.24, 2.45) is 0 Å². The van der Waals surface area contributed by atoms with Gasteiger partial charge in [0.2, 0.25) is 0 Å². The Balaban J connectivity index is 1.32. The van der Waals surface area contributed by atoms with Crippen molar-refractivity contribution in [3.63, 3.8) is 0 Å². The van der Waals surface area contributed by atoms with Crippen molar-refractivity contribution in [1.29, 1.82) is 0 Å². The highest BCUT2D eigenvalue weighted by atomic mass is 16.5. The van der Waals surface area contributed by atoms with Gasteiger partial charge in [0.1, 0.15) is 30.5 Å². The number of furan rings is 1. The Kier molecular flexibility index (Phi) is 5.24. The van der Waals surface area contributed by atoms with E-state index in [2.05, 4.69) is 10.5 Å². The molecule has 27 heavy (non-hydrogen) atoms. The molecule has 4 rings (SSSR count). The number of hydrogen-bond donors (Lipinski definition) is 2. The molecule has 0 unspecified atom stereocenters. The Morgan fingerprint density at radius 1 is 1.07 bits per heavy atom. The highest BCUT2D eigenvalue weighted by molar-refractivity contribution is 5.21. The van der Waals surface area contributed by atoms with Crippen LogP contribution in [0.5, 0.6) is 5.75 Å². The minimum Gasteiger partial charge on any atom is -0.486 e. The zero-order valence-corrected chi connectivity index (χ0v) is 14.9. The maximum Gasteiger partial charge on any atom is 0.174 e. The monoisotopic (exact) mass is 370 g/mol. The molecule has 0 atom stereocenters. The van der Waals surface area contributed by atoms with Gasteiger partial charge in [-0.3, -0.25) is 5.32 Å². The van der Waals surface area contributed by atoms with Crippen molar-refractivity contribution < 1.29 is 23.5 Å². The number of ether oxygens (including phenoxy) is 2. The van der Waals surface area contributed by atoms with Gasteiger partial charge in [-0.15, -0.1) is 0 Å². The summed E-state index contributed by atoms with van der Waals surface area (Å²) >= 11 is 0. The largest absolute Gasteiger partial charge is 0.486 e. The molecule has 0 bridgehead atoms. The molecule has 2 N–H and O–H groups in total. The van der Waals surface area contributed by atoms with Crippen LogP contribution in [0, 0.1) is 0 Å². The summed E-state index contributed by atoms with van der Waals surface area (Å²) in [6.07, 6.45) is 0.690. The summed E-state index contributed by atoms with van der Waals surface area (Å²) in [4.78, 5) is 0. The molecule has 2 aromatic heterocycles. The van der Waals surface area contributed by atoms with Crippen LogP contribution in [0.15, 0.2) is 57.5 Å². The number of nitrogens with one attached hydrogen (secondary N) is 1. The van der Waals surface area contributed by atoms with E-state index in [1.807, 2.05) is 42.5 Å². The Morgan fingerprint density at radius 2 is 1.89 bits per heavy atom. The summed E-state index contributed by atoms with van der Waals surface area (Å²) in [5.41, 5.74) is 0.661. The van der Waals surface area contributed by atoms with Crippen molar-refractivity contribution in [1.82, 2.24) is 10.5 Å². The Bertz CT molecular complexity index is 854. The summed E-state index contributed by atoms with van der Waals surface area (Å²) in [6.45, 7) is 2.00. The molecule has 1 fully saturated rings. The first-order valence-electron chi connectivity index (χ1n) is 8.88. The normalized spacial score (nSPS) is 15.4. The predicted molar refractivity (Wildman–Crippen MR) is 96.0 cm³/mol. The van der Waals surface area contributed by atoms with Gasteiger partial charge in [-0.1, -0.05) is 23.4 Å². The molecule has 0 aliphatic carbocycles. The van der Waals surface area contributed by atoms with Gasteiger partial charge < -0.3 is 23.5 Å². The van der Waals surface area contributed by atoms with E-state index < -0.39 is 0 Å². The Hall–Kier alpha value is -2.61. The first-order chi connectivity index (χ1) is 13.2. The topological polar surface area (TPSA) is 89.9 Å². The van der Waals surface area contributed by atoms with Crippen LogP contribution in [-0.2, 0) is 30.9 Å². The molecule has 0 spiro atoms. The lowest BCUT2D eigenvalue weighted by molar-refractivity contribution is -0.0762. The molecule has 1 aromatic carbocycles. The lowest BCUT2D eigenvalue weighted by Gasteiger charge is -2.41. The lowest BCUT2D eigenvalue weighted by Crippen LogP contribution is -2.61. The first kappa shape index (κ1) is 17.8. The maximum atomic E-state index is 9.09. The molecule has 0 amide bonds. The van der Waals surface area contributed by atoms with Crippen LogP contribution in [0.3, 0.4) is 0 Å². The third kappa shape index (κ3) is 4.39. The molecule has 3 heterocycles. The number of hydrogen-bond acceptors (Lipinski definition) is 7. The first-order valence-corrected chi connectivity index (χ1v) is 8.88. The molecule has 0 saturated carbocycles. The molecule has 7 nitrogen and oxygen atoms in total. The van der Waals surface area contributed by atoms with Gasteiger partial charge in [-0.05, 0) is 24.3 Å². The number of benzene rings is 1. The minimum atomic E-state index is -0.194. The van der Waals surface area contributed by atoms with Gasteiger partial charge in [-0.2, -0.15) is 0 Å². The van der Waals surface area contributed by atoms with Crippen LogP contribution < -0.4 is 10.1 Å². The summed E-state index contributed by atoms with van der Waals surface area (Å²) in [5.74, 6) is 2.82. The van der Waals surface area contributed by atoms with E-state index in [1.54, 1.807) is 6.07 Å². The number of nitrogens with zero attached hydrogens (tertiary/aromatic N) is 1. The molecule has 1 aliphatic heterocycles. The second-order valence-corrected chi connectivity index (χ2v) is 6.72. The van der Waals surface area contributed by atoms with Crippen molar-refractivity contribution in [3.8, 4) is 5.75 Å². The molecule has 0 radical (unpaired) electrons. The van der Waals surface area contributed by atoms with Crippen LogP contribution in [0.1, 0.15) is 23.0 Å². The Morgan fingerprint density at radius 3 is 2.59 bits per heavy atom. The van der Waals surface area contributed by atoms with Gasteiger partial charge in [-0.25, -0.2) is 0 Å². The molecule has 1 saturated heterocycles. The standard InChI is InChI=1S/C20H22N2O5/c23-11-18-7-6-17(26-18)10-21-20(13-24-14-20)9-15-8-19(27-22-15)12-25-16-4-2-1-3-5-16/h1-8,21,23H,9-14H2. The number of para-hydroxylation sites is 1. The number of aliphatic hydroxyl groups is 1. The van der Waals surface area contributed by atoms with E-state index in [4.69, 9.17) is 23.5 Å². The van der Waals surface area contributed by atoms with Crippen LogP contribution in [-0.4, -0.2) is 29.0 Å². The zero-order chi connectivity index (χ0) is 18.5. The molecule has 3 aromatic rings. The molecule has 7 heteroatoms. The summed E-state index contributed by atoms with van der Waals surface area (Å²) in [6, 6.07) is 15.2. The van der Waals surface area contributed by atoms with Gasteiger partial charge >= 0.3 is 0 Å². The van der Waals surface area contributed by atoms with Gasteiger partial charge in [0, 0.05) is 12.5 Å². The number of rotatable bonds is 9. The van der Waals surface area contributed by atoms with E-state index in [0.717, 1.165) is 17.2 Å². The second kappa shape index (κ2) is 7.96. The van der Waals surface area contributed by atoms with E-state index in [-0.39, 0.29) is 12.1 Å². The van der Waals surface area contributed by atoms with Crippen molar-refractivity contribution in [2.75, 3.05) is 13.2 Å². The van der Waals surface area contributed by atoms with Crippen molar-refractivity contribution in [3.05, 3.63) is 71.5 Å². The predicted octanol–water partition coefficient (Wildman–Crippen LogP) is 2.44. The average Bonchev–Trinajstić information content (AvgIpc) is 3.32. The second-order valence-electron chi connectivity index (χ2n) is 6.72. The fourth-order valence-electron chi connectivity index (χ4n) is 3.02. The van der Waals surface area contributed by atoms with Crippen LogP contribution in [0.25, 0.3) is 0 Å². The van der Waals surface area contributed by atoms with E-state index >= 15 is 0 Å². The smallest absolute Gasteiger partial charge is 0.174 e. The summed E-state index contributed by atoms with van der Waals surface area (Å²) in [7, 11) is 0. The van der Waals surface area contributed by atoms with Gasteiger partial charge in [0.05, 0.1) is 31.0 Å². The minimum absolute atomic E-state index is 0.0962. The SMILES string of the molecule is OCc1ccc(CNC2(Cc3cc(COc4ccccc4)on3)COC2)o1. The third-order valence-corrected chi connectivity index (χ3v) is 4.52. The lowest BCUT2D eigenvalue weighted by atomic mass is 9.91.